The van der Waals surface area contributed by atoms with Crippen LogP contribution in [-0.4, -0.2) is 16.2 Å². The van der Waals surface area contributed by atoms with Crippen molar-refractivity contribution in [2.24, 2.45) is 5.73 Å². The fourth-order valence-corrected chi connectivity index (χ4v) is 1.77. The summed E-state index contributed by atoms with van der Waals surface area (Å²) in [5.74, 6) is -0.776. The van der Waals surface area contributed by atoms with Crippen LogP contribution in [0.2, 0.25) is 0 Å². The molecule has 0 saturated heterocycles. The minimum Gasteiger partial charge on any atom is -0.507 e. The van der Waals surface area contributed by atoms with Gasteiger partial charge in [-0.2, -0.15) is 0 Å². The smallest absolute Gasteiger partial charge is 0.325 e. The van der Waals surface area contributed by atoms with E-state index in [2.05, 4.69) is 0 Å². The Bertz CT molecular complexity index is 558. The molecule has 1 aromatic heterocycles. The van der Waals surface area contributed by atoms with Crippen LogP contribution < -0.4 is 5.73 Å². The van der Waals surface area contributed by atoms with E-state index in [1.165, 1.54) is 6.07 Å². The number of aromatic hydroxyl groups is 1. The summed E-state index contributed by atoms with van der Waals surface area (Å²) in [6.45, 7) is 1.62. The van der Waals surface area contributed by atoms with Gasteiger partial charge >= 0.3 is 5.97 Å². The maximum atomic E-state index is 10.9. The zero-order valence-electron chi connectivity index (χ0n) is 8.60. The largest absolute Gasteiger partial charge is 0.507 e. The van der Waals surface area contributed by atoms with Gasteiger partial charge < -0.3 is 20.4 Å². The Kier molecular flexibility index (Phi) is 2.32. The van der Waals surface area contributed by atoms with E-state index < -0.39 is 12.0 Å². The molecule has 0 saturated carbocycles. The molecule has 0 aliphatic carbocycles. The summed E-state index contributed by atoms with van der Waals surface area (Å²) in [6.07, 6.45) is 0. The number of carbonyl (C=O) groups is 1. The number of benzene rings is 1. The van der Waals surface area contributed by atoms with Crippen molar-refractivity contribution in [2.45, 2.75) is 13.0 Å². The molecule has 0 aliphatic heterocycles. The normalized spacial score (nSPS) is 12.9. The second-order valence-electron chi connectivity index (χ2n) is 3.54. The van der Waals surface area contributed by atoms with Crippen molar-refractivity contribution in [3.63, 3.8) is 0 Å². The van der Waals surface area contributed by atoms with Crippen LogP contribution in [0, 0.1) is 6.92 Å². The average molecular weight is 221 g/mol. The molecule has 2 aromatic rings. The summed E-state index contributed by atoms with van der Waals surface area (Å²) in [5.41, 5.74) is 6.30. The molecular weight excluding hydrogens is 210 g/mol. The lowest BCUT2D eigenvalue weighted by atomic mass is 10.0. The highest BCUT2D eigenvalue weighted by Gasteiger charge is 2.24. The SMILES string of the molecule is Cc1oc2cccc(O)c2c1C(N)C(=O)O. The first kappa shape index (κ1) is 10.5. The lowest BCUT2D eigenvalue weighted by molar-refractivity contribution is -0.138. The predicted molar refractivity (Wildman–Crippen MR) is 57.2 cm³/mol. The number of hydrogen-bond acceptors (Lipinski definition) is 4. The summed E-state index contributed by atoms with van der Waals surface area (Å²) < 4.78 is 5.35. The van der Waals surface area contributed by atoms with Crippen LogP contribution in [0.4, 0.5) is 0 Å². The molecule has 84 valence electrons. The quantitative estimate of drug-likeness (QED) is 0.714. The second kappa shape index (κ2) is 3.53. The first-order valence-electron chi connectivity index (χ1n) is 4.71. The van der Waals surface area contributed by atoms with Crippen LogP contribution >= 0.6 is 0 Å². The van der Waals surface area contributed by atoms with Gasteiger partial charge in [-0.15, -0.1) is 0 Å². The molecular formula is C11H11NO4. The Morgan fingerprint density at radius 3 is 2.81 bits per heavy atom. The number of nitrogens with two attached hydrogens (primary N) is 1. The molecule has 2 rings (SSSR count). The molecule has 0 aliphatic rings. The standard InChI is InChI=1S/C11H11NO4/c1-5-8(10(12)11(14)15)9-6(13)3-2-4-7(9)16-5/h2-4,10,13H,12H2,1H3,(H,14,15). The van der Waals surface area contributed by atoms with Gasteiger partial charge in [0.25, 0.3) is 0 Å². The maximum absolute atomic E-state index is 10.9. The maximum Gasteiger partial charge on any atom is 0.325 e. The van der Waals surface area contributed by atoms with E-state index in [0.29, 0.717) is 22.3 Å². The number of phenols is 1. The number of carboxylic acid groups (broad SMARTS) is 1. The van der Waals surface area contributed by atoms with Crippen molar-refractivity contribution in [3.05, 3.63) is 29.5 Å². The molecule has 4 N–H and O–H groups in total. The third kappa shape index (κ3) is 1.42. The summed E-state index contributed by atoms with van der Waals surface area (Å²) in [7, 11) is 0. The Morgan fingerprint density at radius 1 is 1.50 bits per heavy atom. The monoisotopic (exact) mass is 221 g/mol. The van der Waals surface area contributed by atoms with Gasteiger partial charge in [-0.05, 0) is 19.1 Å². The molecule has 0 bridgehead atoms. The van der Waals surface area contributed by atoms with Gasteiger partial charge in [-0.3, -0.25) is 4.79 Å². The number of fused-ring (bicyclic) bond motifs is 1. The molecule has 0 fully saturated rings. The second-order valence-corrected chi connectivity index (χ2v) is 3.54. The first-order valence-corrected chi connectivity index (χ1v) is 4.71. The van der Waals surface area contributed by atoms with Crippen LogP contribution in [0.1, 0.15) is 17.4 Å². The fourth-order valence-electron chi connectivity index (χ4n) is 1.77. The number of aliphatic carboxylic acids is 1. The summed E-state index contributed by atoms with van der Waals surface area (Å²) in [5, 5.41) is 18.9. The minimum atomic E-state index is -1.20. The zero-order valence-corrected chi connectivity index (χ0v) is 8.60. The fraction of sp³-hybridized carbons (Fsp3) is 0.182. The van der Waals surface area contributed by atoms with Crippen molar-refractivity contribution in [1.29, 1.82) is 0 Å². The summed E-state index contributed by atoms with van der Waals surface area (Å²) >= 11 is 0. The molecule has 5 nitrogen and oxygen atoms in total. The van der Waals surface area contributed by atoms with Crippen molar-refractivity contribution in [2.75, 3.05) is 0 Å². The van der Waals surface area contributed by atoms with Gasteiger partial charge in [0, 0.05) is 5.56 Å². The minimum absolute atomic E-state index is 0.0268. The Morgan fingerprint density at radius 2 is 2.19 bits per heavy atom. The highest BCUT2D eigenvalue weighted by Crippen LogP contribution is 2.35. The number of phenolic OH excluding ortho intramolecular Hbond substituents is 1. The number of hydrogen-bond donors (Lipinski definition) is 3. The van der Waals surface area contributed by atoms with Gasteiger partial charge in [-0.25, -0.2) is 0 Å². The molecule has 0 radical (unpaired) electrons. The number of furan rings is 1. The van der Waals surface area contributed by atoms with Gasteiger partial charge in [0.05, 0.1) is 5.39 Å². The molecule has 16 heavy (non-hydrogen) atoms. The van der Waals surface area contributed by atoms with E-state index in [1.54, 1.807) is 19.1 Å². The predicted octanol–water partition coefficient (Wildman–Crippen LogP) is 1.53. The zero-order chi connectivity index (χ0) is 11.9. The van der Waals surface area contributed by atoms with Gasteiger partial charge in [0.15, 0.2) is 0 Å². The highest BCUT2D eigenvalue weighted by atomic mass is 16.4. The molecule has 1 unspecified atom stereocenters. The van der Waals surface area contributed by atoms with E-state index in [4.69, 9.17) is 15.3 Å². The van der Waals surface area contributed by atoms with Crippen molar-refractivity contribution < 1.29 is 19.4 Å². The topological polar surface area (TPSA) is 96.7 Å². The van der Waals surface area contributed by atoms with Crippen LogP contribution in [-0.2, 0) is 4.79 Å². The lowest BCUT2D eigenvalue weighted by Gasteiger charge is -2.05. The third-order valence-corrected chi connectivity index (χ3v) is 2.49. The highest BCUT2D eigenvalue weighted by molar-refractivity contribution is 5.92. The molecule has 1 heterocycles. The first-order chi connectivity index (χ1) is 7.52. The Balaban J connectivity index is 2.77. The van der Waals surface area contributed by atoms with Gasteiger partial charge in [-0.1, -0.05) is 6.07 Å². The van der Waals surface area contributed by atoms with Crippen molar-refractivity contribution >= 4 is 16.9 Å². The summed E-state index contributed by atoms with van der Waals surface area (Å²) in [4.78, 5) is 10.9. The van der Waals surface area contributed by atoms with Gasteiger partial charge in [0.2, 0.25) is 0 Å². The summed E-state index contributed by atoms with van der Waals surface area (Å²) in [6, 6.07) is 3.54. The Labute approximate surface area is 91.1 Å². The van der Waals surface area contributed by atoms with Gasteiger partial charge in [0.1, 0.15) is 23.1 Å². The molecule has 0 spiro atoms. The van der Waals surface area contributed by atoms with Crippen LogP contribution in [0.5, 0.6) is 5.75 Å². The van der Waals surface area contributed by atoms with E-state index in [1.807, 2.05) is 0 Å². The third-order valence-electron chi connectivity index (χ3n) is 2.49. The molecule has 5 heteroatoms. The van der Waals surface area contributed by atoms with Crippen LogP contribution in [0.25, 0.3) is 11.0 Å². The van der Waals surface area contributed by atoms with E-state index in [9.17, 15) is 9.90 Å². The molecule has 1 aromatic carbocycles. The molecule has 0 amide bonds. The van der Waals surface area contributed by atoms with E-state index in [-0.39, 0.29) is 5.75 Å². The van der Waals surface area contributed by atoms with Crippen molar-refractivity contribution in [1.82, 2.24) is 0 Å². The number of aryl methyl sites for hydroxylation is 1. The van der Waals surface area contributed by atoms with Crippen molar-refractivity contribution in [3.8, 4) is 5.75 Å². The lowest BCUT2D eigenvalue weighted by Crippen LogP contribution is -2.21. The number of rotatable bonds is 2. The van der Waals surface area contributed by atoms with Crippen LogP contribution in [0.15, 0.2) is 22.6 Å². The van der Waals surface area contributed by atoms with Crippen LogP contribution in [0.3, 0.4) is 0 Å². The average Bonchev–Trinajstić information content (AvgIpc) is 2.54. The molecule has 1 atom stereocenters. The number of carboxylic acids is 1. The van der Waals surface area contributed by atoms with E-state index in [0.717, 1.165) is 0 Å². The Hall–Kier alpha value is -2.01. The van der Waals surface area contributed by atoms with E-state index >= 15 is 0 Å².